The standard InChI is InChI=1S/C28H37N3O5/c1-7-35-26-12-18-10-22-28(30(3)4)21-14-25(34-6)24(33-5)11-17(21)9-19(15-29)31(22)23(16-32)20(18)13-27(26)36-8-2/h11-14,19,22-23,28,32H,7-10,16H2,1-6H3/t19-,22?,23?,28+/m0/s1. The van der Waals surface area contributed by atoms with Crippen molar-refractivity contribution in [3.8, 4) is 29.1 Å². The van der Waals surface area contributed by atoms with Crippen molar-refractivity contribution in [1.29, 1.82) is 5.26 Å². The van der Waals surface area contributed by atoms with Crippen molar-refractivity contribution in [2.24, 2.45) is 0 Å². The van der Waals surface area contributed by atoms with E-state index in [2.05, 4.69) is 36.0 Å². The van der Waals surface area contributed by atoms with Crippen LogP contribution in [0.5, 0.6) is 23.0 Å². The normalized spacial score (nSPS) is 23.1. The molecule has 0 saturated carbocycles. The number of nitrogens with zero attached hydrogens (tertiary/aromatic N) is 3. The van der Waals surface area contributed by atoms with E-state index in [9.17, 15) is 10.4 Å². The maximum Gasteiger partial charge on any atom is 0.161 e. The lowest BCUT2D eigenvalue weighted by Gasteiger charge is -2.48. The van der Waals surface area contributed by atoms with Crippen molar-refractivity contribution in [1.82, 2.24) is 9.80 Å². The van der Waals surface area contributed by atoms with E-state index in [1.807, 2.05) is 32.0 Å². The molecule has 4 atom stereocenters. The number of aliphatic hydroxyl groups excluding tert-OH is 1. The quantitative estimate of drug-likeness (QED) is 0.595. The summed E-state index contributed by atoms with van der Waals surface area (Å²) in [5.41, 5.74) is 4.26. The minimum absolute atomic E-state index is 0.0394. The minimum Gasteiger partial charge on any atom is -0.493 e. The third-order valence-electron chi connectivity index (χ3n) is 7.32. The second kappa shape index (κ2) is 11.0. The monoisotopic (exact) mass is 495 g/mol. The molecule has 4 rings (SSSR count). The van der Waals surface area contributed by atoms with E-state index < -0.39 is 6.04 Å². The number of likely N-dealkylation sites (N-methyl/N-ethyl adjacent to an activating group) is 1. The maximum absolute atomic E-state index is 10.7. The summed E-state index contributed by atoms with van der Waals surface area (Å²) >= 11 is 0. The summed E-state index contributed by atoms with van der Waals surface area (Å²) in [5, 5.41) is 21.1. The summed E-state index contributed by atoms with van der Waals surface area (Å²) in [4.78, 5) is 4.40. The Labute approximate surface area is 213 Å². The van der Waals surface area contributed by atoms with Gasteiger partial charge in [0.25, 0.3) is 0 Å². The molecule has 2 aliphatic heterocycles. The summed E-state index contributed by atoms with van der Waals surface area (Å²) in [6.45, 7) is 4.83. The van der Waals surface area contributed by atoms with Crippen LogP contribution in [0.25, 0.3) is 0 Å². The van der Waals surface area contributed by atoms with Gasteiger partial charge in [-0.2, -0.15) is 5.26 Å². The first kappa shape index (κ1) is 26.1. The van der Waals surface area contributed by atoms with Crippen molar-refractivity contribution in [3.05, 3.63) is 46.5 Å². The van der Waals surface area contributed by atoms with Crippen LogP contribution in [0.2, 0.25) is 0 Å². The Balaban J connectivity index is 1.92. The number of ether oxygens (including phenoxy) is 4. The molecule has 2 aromatic rings. The van der Waals surface area contributed by atoms with Crippen LogP contribution < -0.4 is 18.9 Å². The first-order chi connectivity index (χ1) is 17.4. The Morgan fingerprint density at radius 3 is 2.03 bits per heavy atom. The van der Waals surface area contributed by atoms with Gasteiger partial charge in [-0.05, 0) is 80.9 Å². The fourth-order valence-corrected chi connectivity index (χ4v) is 5.92. The molecule has 8 heteroatoms. The van der Waals surface area contributed by atoms with Gasteiger partial charge in [0.15, 0.2) is 23.0 Å². The van der Waals surface area contributed by atoms with E-state index in [4.69, 9.17) is 18.9 Å². The van der Waals surface area contributed by atoms with E-state index in [0.29, 0.717) is 49.1 Å². The summed E-state index contributed by atoms with van der Waals surface area (Å²) in [5.74, 6) is 2.69. The summed E-state index contributed by atoms with van der Waals surface area (Å²) in [7, 11) is 7.38. The molecule has 0 aliphatic carbocycles. The van der Waals surface area contributed by atoms with E-state index >= 15 is 0 Å². The van der Waals surface area contributed by atoms with Crippen molar-refractivity contribution in [3.63, 3.8) is 0 Å². The highest BCUT2D eigenvalue weighted by molar-refractivity contribution is 5.53. The van der Waals surface area contributed by atoms with Crippen molar-refractivity contribution < 1.29 is 24.1 Å². The van der Waals surface area contributed by atoms with Gasteiger partial charge in [-0.15, -0.1) is 0 Å². The zero-order valence-corrected chi connectivity index (χ0v) is 22.1. The Hall–Kier alpha value is -2.99. The topological polar surface area (TPSA) is 87.4 Å². The Morgan fingerprint density at radius 2 is 1.47 bits per heavy atom. The number of rotatable bonds is 8. The molecule has 0 fully saturated rings. The molecule has 2 unspecified atom stereocenters. The van der Waals surface area contributed by atoms with Gasteiger partial charge in [-0.1, -0.05) is 0 Å². The Morgan fingerprint density at radius 1 is 0.917 bits per heavy atom. The highest BCUT2D eigenvalue weighted by Crippen LogP contribution is 2.48. The molecular weight excluding hydrogens is 458 g/mol. The van der Waals surface area contributed by atoms with Crippen LogP contribution in [0.15, 0.2) is 24.3 Å². The molecule has 8 nitrogen and oxygen atoms in total. The molecule has 0 spiro atoms. The van der Waals surface area contributed by atoms with Gasteiger partial charge in [0.2, 0.25) is 0 Å². The van der Waals surface area contributed by atoms with Crippen LogP contribution in [0.4, 0.5) is 0 Å². The van der Waals surface area contributed by atoms with Gasteiger partial charge < -0.3 is 29.0 Å². The SMILES string of the molecule is CCOc1cc2c(cc1OCC)C(CO)N1C(C2)[C@H](N(C)C)c2cc(OC)c(OC)cc2C[C@H]1C#N. The molecule has 0 bridgehead atoms. The minimum atomic E-state index is -0.427. The van der Waals surface area contributed by atoms with E-state index in [0.717, 1.165) is 22.3 Å². The molecular formula is C28H37N3O5. The molecule has 0 saturated heterocycles. The van der Waals surface area contributed by atoms with Crippen molar-refractivity contribution in [2.45, 2.75) is 50.9 Å². The number of nitriles is 1. The van der Waals surface area contributed by atoms with Crippen LogP contribution in [0, 0.1) is 11.3 Å². The highest BCUT2D eigenvalue weighted by Gasteiger charge is 2.46. The maximum atomic E-state index is 10.7. The second-order valence-electron chi connectivity index (χ2n) is 9.44. The van der Waals surface area contributed by atoms with Crippen LogP contribution in [-0.4, -0.2) is 75.1 Å². The molecule has 36 heavy (non-hydrogen) atoms. The molecule has 0 amide bonds. The lowest BCUT2D eigenvalue weighted by Crippen LogP contribution is -2.54. The molecule has 194 valence electrons. The summed E-state index contributed by atoms with van der Waals surface area (Å²) in [6.07, 6.45) is 1.22. The van der Waals surface area contributed by atoms with Gasteiger partial charge in [-0.25, -0.2) is 0 Å². The van der Waals surface area contributed by atoms with Crippen LogP contribution in [-0.2, 0) is 12.8 Å². The summed E-state index contributed by atoms with van der Waals surface area (Å²) < 4.78 is 23.1. The average Bonchev–Trinajstić information content (AvgIpc) is 3.00. The molecule has 1 N–H and O–H groups in total. The largest absolute Gasteiger partial charge is 0.493 e. The number of benzene rings is 2. The number of hydrogen-bond donors (Lipinski definition) is 1. The predicted molar refractivity (Wildman–Crippen MR) is 137 cm³/mol. The fraction of sp³-hybridized carbons (Fsp3) is 0.536. The predicted octanol–water partition coefficient (Wildman–Crippen LogP) is 3.51. The van der Waals surface area contributed by atoms with Crippen LogP contribution >= 0.6 is 0 Å². The first-order valence-corrected chi connectivity index (χ1v) is 12.5. The number of methoxy groups -OCH3 is 2. The lowest BCUT2D eigenvalue weighted by atomic mass is 9.82. The molecule has 0 radical (unpaired) electrons. The number of fused-ring (bicyclic) bond motifs is 3. The van der Waals surface area contributed by atoms with Gasteiger partial charge in [0.05, 0.1) is 52.2 Å². The molecule has 2 aromatic carbocycles. The van der Waals surface area contributed by atoms with Gasteiger partial charge in [-0.3, -0.25) is 4.90 Å². The van der Waals surface area contributed by atoms with Crippen LogP contribution in [0.1, 0.15) is 48.2 Å². The van der Waals surface area contributed by atoms with Gasteiger partial charge in [0, 0.05) is 12.5 Å². The van der Waals surface area contributed by atoms with E-state index in [-0.39, 0.29) is 24.7 Å². The zero-order chi connectivity index (χ0) is 26.0. The lowest BCUT2D eigenvalue weighted by molar-refractivity contribution is 0.0160. The second-order valence-corrected chi connectivity index (χ2v) is 9.44. The molecule has 2 heterocycles. The molecule has 0 aromatic heterocycles. The smallest absolute Gasteiger partial charge is 0.161 e. The summed E-state index contributed by atoms with van der Waals surface area (Å²) in [6, 6.07) is 9.76. The Kier molecular flexibility index (Phi) is 7.94. The van der Waals surface area contributed by atoms with E-state index in [1.165, 1.54) is 0 Å². The van der Waals surface area contributed by atoms with Crippen molar-refractivity contribution >= 4 is 0 Å². The zero-order valence-electron chi connectivity index (χ0n) is 22.1. The van der Waals surface area contributed by atoms with Gasteiger partial charge in [0.1, 0.15) is 6.04 Å². The Bertz CT molecular complexity index is 1130. The highest BCUT2D eigenvalue weighted by atomic mass is 16.5. The third kappa shape index (κ3) is 4.47. The average molecular weight is 496 g/mol. The molecule has 2 aliphatic rings. The first-order valence-electron chi connectivity index (χ1n) is 12.5. The van der Waals surface area contributed by atoms with Gasteiger partial charge >= 0.3 is 0 Å². The van der Waals surface area contributed by atoms with Crippen molar-refractivity contribution in [2.75, 3.05) is 48.1 Å². The third-order valence-corrected chi connectivity index (χ3v) is 7.32. The van der Waals surface area contributed by atoms with Crippen LogP contribution in [0.3, 0.4) is 0 Å². The van der Waals surface area contributed by atoms with E-state index in [1.54, 1.807) is 14.2 Å². The fourth-order valence-electron chi connectivity index (χ4n) is 5.92. The number of hydrogen-bond acceptors (Lipinski definition) is 8. The number of aliphatic hydroxyl groups is 1.